The highest BCUT2D eigenvalue weighted by atomic mass is 16.2. The molecular formula is C12H18N2O2. The van der Waals surface area contributed by atoms with Crippen LogP contribution in [0.2, 0.25) is 0 Å². The monoisotopic (exact) mass is 222 g/mol. The first kappa shape index (κ1) is 14.3. The molecule has 1 amide bonds. The minimum absolute atomic E-state index is 0.172. The number of Topliss-reactive ketones (excluding diaryl/α,β-unsaturated/α-hetero) is 1. The lowest BCUT2D eigenvalue weighted by atomic mass is 10.1. The van der Waals surface area contributed by atoms with E-state index < -0.39 is 11.7 Å². The fourth-order valence-electron chi connectivity index (χ4n) is 1.03. The summed E-state index contributed by atoms with van der Waals surface area (Å²) < 4.78 is 0. The van der Waals surface area contributed by atoms with Gasteiger partial charge in [-0.3, -0.25) is 14.6 Å². The van der Waals surface area contributed by atoms with Crippen molar-refractivity contribution in [1.29, 1.82) is 0 Å². The van der Waals surface area contributed by atoms with E-state index in [0.29, 0.717) is 0 Å². The van der Waals surface area contributed by atoms with Gasteiger partial charge < -0.3 is 5.32 Å². The van der Waals surface area contributed by atoms with E-state index in [1.165, 1.54) is 6.92 Å². The van der Waals surface area contributed by atoms with Gasteiger partial charge in [-0.1, -0.05) is 13.8 Å². The van der Waals surface area contributed by atoms with Gasteiger partial charge in [-0.05, 0) is 24.6 Å². The summed E-state index contributed by atoms with van der Waals surface area (Å²) in [5.41, 5.74) is 0.926. The molecule has 0 fully saturated rings. The Kier molecular flexibility index (Phi) is 6.76. The molecule has 88 valence electrons. The molecule has 4 heteroatoms. The number of pyridine rings is 1. The van der Waals surface area contributed by atoms with Crippen LogP contribution in [0.5, 0.6) is 0 Å². The third-order valence-electron chi connectivity index (χ3n) is 1.87. The number of hydrogen-bond acceptors (Lipinski definition) is 3. The molecular weight excluding hydrogens is 204 g/mol. The van der Waals surface area contributed by atoms with Crippen LogP contribution in [0.15, 0.2) is 24.5 Å². The van der Waals surface area contributed by atoms with Crippen molar-refractivity contribution in [3.8, 4) is 0 Å². The van der Waals surface area contributed by atoms with Crippen molar-refractivity contribution >= 4 is 11.7 Å². The van der Waals surface area contributed by atoms with Gasteiger partial charge in [0.2, 0.25) is 5.78 Å². The molecule has 0 aliphatic rings. The standard InChI is InChI=1S/C10H12N2O2.C2H6/c1-7(12-10(14)8(2)13)9-3-5-11-6-4-9;1-2/h3-7H,1-2H3,(H,12,14);1-2H3. The Morgan fingerprint density at radius 3 is 2.19 bits per heavy atom. The Morgan fingerprint density at radius 2 is 1.75 bits per heavy atom. The van der Waals surface area contributed by atoms with Crippen LogP contribution in [0.3, 0.4) is 0 Å². The Bertz CT molecular complexity index is 336. The summed E-state index contributed by atoms with van der Waals surface area (Å²) in [4.78, 5) is 25.6. The van der Waals surface area contributed by atoms with Crippen LogP contribution in [0.25, 0.3) is 0 Å². The van der Waals surface area contributed by atoms with Crippen LogP contribution in [-0.2, 0) is 9.59 Å². The van der Waals surface area contributed by atoms with Gasteiger partial charge in [-0.2, -0.15) is 0 Å². The van der Waals surface area contributed by atoms with E-state index in [-0.39, 0.29) is 6.04 Å². The summed E-state index contributed by atoms with van der Waals surface area (Å²) >= 11 is 0. The summed E-state index contributed by atoms with van der Waals surface area (Å²) in [5, 5.41) is 2.58. The maximum absolute atomic E-state index is 11.1. The number of ketones is 1. The number of nitrogens with zero attached hydrogens (tertiary/aromatic N) is 1. The largest absolute Gasteiger partial charge is 0.343 e. The predicted octanol–water partition coefficient (Wildman–Crippen LogP) is 1.87. The molecule has 4 nitrogen and oxygen atoms in total. The second-order valence-electron chi connectivity index (χ2n) is 3.03. The SMILES string of the molecule is CC.CC(=O)C(=O)NC(C)c1ccncc1. The number of hydrogen-bond donors (Lipinski definition) is 1. The molecule has 0 aliphatic heterocycles. The zero-order valence-electron chi connectivity index (χ0n) is 10.2. The molecule has 1 aromatic rings. The lowest BCUT2D eigenvalue weighted by Crippen LogP contribution is -2.31. The molecule has 0 saturated heterocycles. The number of amides is 1. The second kappa shape index (κ2) is 7.56. The fourth-order valence-corrected chi connectivity index (χ4v) is 1.03. The molecule has 0 radical (unpaired) electrons. The molecule has 1 atom stereocenters. The van der Waals surface area contributed by atoms with Crippen molar-refractivity contribution in [2.24, 2.45) is 0 Å². The Hall–Kier alpha value is -1.71. The van der Waals surface area contributed by atoms with Crippen molar-refractivity contribution in [2.75, 3.05) is 0 Å². The minimum atomic E-state index is -0.561. The van der Waals surface area contributed by atoms with Gasteiger partial charge in [0.05, 0.1) is 6.04 Å². The Labute approximate surface area is 96.1 Å². The van der Waals surface area contributed by atoms with Crippen molar-refractivity contribution in [1.82, 2.24) is 10.3 Å². The summed E-state index contributed by atoms with van der Waals surface area (Å²) in [6.45, 7) is 7.06. The second-order valence-corrected chi connectivity index (χ2v) is 3.03. The quantitative estimate of drug-likeness (QED) is 0.794. The predicted molar refractivity (Wildman–Crippen MR) is 62.8 cm³/mol. The van der Waals surface area contributed by atoms with Gasteiger partial charge in [0, 0.05) is 19.3 Å². The Balaban J connectivity index is 0.00000106. The molecule has 16 heavy (non-hydrogen) atoms. The van der Waals surface area contributed by atoms with Crippen molar-refractivity contribution in [2.45, 2.75) is 33.7 Å². The molecule has 1 unspecified atom stereocenters. The topological polar surface area (TPSA) is 59.1 Å². The first-order valence-electron chi connectivity index (χ1n) is 5.32. The highest BCUT2D eigenvalue weighted by molar-refractivity contribution is 6.35. The van der Waals surface area contributed by atoms with E-state index in [0.717, 1.165) is 5.56 Å². The third-order valence-corrected chi connectivity index (χ3v) is 1.87. The van der Waals surface area contributed by atoms with E-state index >= 15 is 0 Å². The average Bonchev–Trinajstić information content (AvgIpc) is 2.32. The first-order valence-corrected chi connectivity index (χ1v) is 5.32. The maximum Gasteiger partial charge on any atom is 0.287 e. The normalized spacial score (nSPS) is 10.8. The molecule has 1 heterocycles. The molecule has 0 bridgehead atoms. The molecule has 0 aromatic carbocycles. The van der Waals surface area contributed by atoms with Gasteiger partial charge in [0.25, 0.3) is 5.91 Å². The van der Waals surface area contributed by atoms with Crippen LogP contribution in [0, 0.1) is 0 Å². The summed E-state index contributed by atoms with van der Waals surface area (Å²) in [7, 11) is 0. The minimum Gasteiger partial charge on any atom is -0.343 e. The van der Waals surface area contributed by atoms with Crippen LogP contribution in [0.1, 0.15) is 39.3 Å². The van der Waals surface area contributed by atoms with E-state index in [4.69, 9.17) is 0 Å². The zero-order valence-corrected chi connectivity index (χ0v) is 10.2. The van der Waals surface area contributed by atoms with Crippen LogP contribution in [-0.4, -0.2) is 16.7 Å². The van der Waals surface area contributed by atoms with E-state index in [2.05, 4.69) is 10.3 Å². The van der Waals surface area contributed by atoms with E-state index in [1.54, 1.807) is 24.5 Å². The van der Waals surface area contributed by atoms with Crippen LogP contribution < -0.4 is 5.32 Å². The number of carbonyl (C=O) groups is 2. The van der Waals surface area contributed by atoms with Crippen molar-refractivity contribution in [3.05, 3.63) is 30.1 Å². The highest BCUT2D eigenvalue weighted by Gasteiger charge is 2.12. The van der Waals surface area contributed by atoms with Gasteiger partial charge >= 0.3 is 0 Å². The number of carbonyl (C=O) groups excluding carboxylic acids is 2. The van der Waals surface area contributed by atoms with Crippen molar-refractivity contribution in [3.63, 3.8) is 0 Å². The van der Waals surface area contributed by atoms with Gasteiger partial charge in [0.1, 0.15) is 0 Å². The van der Waals surface area contributed by atoms with Gasteiger partial charge in [-0.15, -0.1) is 0 Å². The van der Waals surface area contributed by atoms with Crippen LogP contribution >= 0.6 is 0 Å². The Morgan fingerprint density at radius 1 is 1.25 bits per heavy atom. The molecule has 0 spiro atoms. The number of nitrogens with one attached hydrogen (secondary N) is 1. The smallest absolute Gasteiger partial charge is 0.287 e. The molecule has 1 rings (SSSR count). The van der Waals surface area contributed by atoms with Gasteiger partial charge in [0.15, 0.2) is 0 Å². The molecule has 0 aliphatic carbocycles. The maximum atomic E-state index is 11.1. The first-order chi connectivity index (χ1) is 7.61. The third kappa shape index (κ3) is 4.68. The summed E-state index contributed by atoms with van der Waals surface area (Å²) in [6.07, 6.45) is 3.29. The van der Waals surface area contributed by atoms with Crippen molar-refractivity contribution < 1.29 is 9.59 Å². The zero-order chi connectivity index (χ0) is 12.6. The van der Waals surface area contributed by atoms with Gasteiger partial charge in [-0.25, -0.2) is 0 Å². The molecule has 1 N–H and O–H groups in total. The highest BCUT2D eigenvalue weighted by Crippen LogP contribution is 2.09. The van der Waals surface area contributed by atoms with Crippen LogP contribution in [0.4, 0.5) is 0 Å². The average molecular weight is 222 g/mol. The number of rotatable bonds is 3. The molecule has 0 saturated carbocycles. The lowest BCUT2D eigenvalue weighted by molar-refractivity contribution is -0.137. The summed E-state index contributed by atoms with van der Waals surface area (Å²) in [5.74, 6) is -1.04. The summed E-state index contributed by atoms with van der Waals surface area (Å²) in [6, 6.07) is 3.42. The lowest BCUT2D eigenvalue weighted by Gasteiger charge is -2.12. The van der Waals surface area contributed by atoms with E-state index in [1.807, 2.05) is 20.8 Å². The fraction of sp³-hybridized carbons (Fsp3) is 0.417. The molecule has 1 aromatic heterocycles. The van der Waals surface area contributed by atoms with E-state index in [9.17, 15) is 9.59 Å². The number of aromatic nitrogens is 1.